The van der Waals surface area contributed by atoms with E-state index in [1.54, 1.807) is 13.0 Å². The van der Waals surface area contributed by atoms with Crippen LogP contribution in [0.1, 0.15) is 43.0 Å². The molecular formula is C43H42ClFO7. The van der Waals surface area contributed by atoms with E-state index in [2.05, 4.69) is 0 Å². The number of methoxy groups -OCH3 is 1. The molecule has 1 fully saturated rings. The molecule has 0 aliphatic carbocycles. The van der Waals surface area contributed by atoms with Crippen molar-refractivity contribution in [1.82, 2.24) is 0 Å². The predicted octanol–water partition coefficient (Wildman–Crippen LogP) is 8.62. The van der Waals surface area contributed by atoms with E-state index in [0.717, 1.165) is 22.8 Å². The predicted molar refractivity (Wildman–Crippen MR) is 197 cm³/mol. The van der Waals surface area contributed by atoms with Crippen LogP contribution in [-0.2, 0) is 60.5 Å². The first-order valence-corrected chi connectivity index (χ1v) is 17.5. The van der Waals surface area contributed by atoms with Crippen LogP contribution < -0.4 is 4.74 Å². The summed E-state index contributed by atoms with van der Waals surface area (Å²) in [4.78, 5) is 13.0. The normalized spacial score (nSPS) is 22.3. The molecule has 1 heterocycles. The second kappa shape index (κ2) is 17.9. The zero-order chi connectivity index (χ0) is 38.1. The van der Waals surface area contributed by atoms with Gasteiger partial charge in [-0.1, -0.05) is 115 Å². The highest BCUT2D eigenvalue weighted by Crippen LogP contribution is 2.44. The van der Waals surface area contributed by atoms with Gasteiger partial charge in [-0.05, 0) is 65.4 Å². The lowest BCUT2D eigenvalue weighted by molar-refractivity contribution is -0.373. The first kappa shape index (κ1) is 34.7. The summed E-state index contributed by atoms with van der Waals surface area (Å²) in [6, 6.07) is 37.2. The van der Waals surface area contributed by atoms with E-state index in [1.165, 1.54) is 31.4 Å². The molecule has 1 aliphatic heterocycles. The van der Waals surface area contributed by atoms with Crippen LogP contribution >= 0.6 is 11.6 Å². The van der Waals surface area contributed by atoms with E-state index in [1.807, 2.05) is 91.0 Å². The van der Waals surface area contributed by atoms with Crippen LogP contribution in [0.15, 0.2) is 127 Å². The van der Waals surface area contributed by atoms with Gasteiger partial charge in [0.1, 0.15) is 24.4 Å². The van der Waals surface area contributed by atoms with Crippen LogP contribution in [0.5, 0.6) is 5.75 Å². The van der Waals surface area contributed by atoms with E-state index >= 15 is 4.39 Å². The Bertz CT molecular complexity index is 1970. The van der Waals surface area contributed by atoms with Crippen molar-refractivity contribution < 1.29 is 40.3 Å². The lowest BCUT2D eigenvalue weighted by atomic mass is 9.86. The van der Waals surface area contributed by atoms with Crippen LogP contribution in [0.3, 0.4) is 0 Å². The standard InChI is InChI=1S/C43H42ClFO7/c1-3-48-38-22-19-33(24-37(38)45)23-34-25-35(20-21-36(34)44)43(47-2)42(51-29-32-17-11-6-12-18-32)41(50-28-31-15-9-5-10-16-31)40(39(26-46)52-43)49-27-30-13-7-4-8-14-30/h4-22,24-26,39-42H,3,23,27-29H2,1-2H3/t39-,40-,41+,42-,43+/m1/s1/i23D2. The molecule has 5 atom stereocenters. The van der Waals surface area contributed by atoms with Gasteiger partial charge in [0.05, 0.1) is 26.4 Å². The molecule has 0 radical (unpaired) electrons. The molecule has 1 saturated heterocycles. The Morgan fingerprint density at radius 2 is 1.35 bits per heavy atom. The summed E-state index contributed by atoms with van der Waals surface area (Å²) in [5.41, 5.74) is 2.93. The summed E-state index contributed by atoms with van der Waals surface area (Å²) in [5, 5.41) is 0.0785. The molecule has 7 nitrogen and oxygen atoms in total. The van der Waals surface area contributed by atoms with Gasteiger partial charge in [0.2, 0.25) is 5.79 Å². The summed E-state index contributed by atoms with van der Waals surface area (Å²) in [5.74, 6) is -2.55. The number of ether oxygens (including phenoxy) is 6. The highest BCUT2D eigenvalue weighted by molar-refractivity contribution is 6.31. The number of carbonyl (C=O) groups excluding carboxylic acids is 1. The molecule has 0 aromatic heterocycles. The fourth-order valence-corrected chi connectivity index (χ4v) is 6.41. The lowest BCUT2D eigenvalue weighted by Crippen LogP contribution is -2.65. The number of rotatable bonds is 16. The van der Waals surface area contributed by atoms with Crippen molar-refractivity contribution in [3.63, 3.8) is 0 Å². The van der Waals surface area contributed by atoms with Crippen molar-refractivity contribution in [2.75, 3.05) is 13.7 Å². The monoisotopic (exact) mass is 726 g/mol. The number of aldehydes is 1. The van der Waals surface area contributed by atoms with E-state index in [0.29, 0.717) is 11.8 Å². The third kappa shape index (κ3) is 8.78. The molecule has 1 aliphatic rings. The Balaban J connectivity index is 1.46. The van der Waals surface area contributed by atoms with Gasteiger partial charge in [-0.25, -0.2) is 4.39 Å². The zero-order valence-corrected chi connectivity index (χ0v) is 29.7. The topological polar surface area (TPSA) is 72.5 Å². The third-order valence-electron chi connectivity index (χ3n) is 8.79. The molecule has 5 aromatic rings. The second-order valence-electron chi connectivity index (χ2n) is 12.2. The molecule has 0 spiro atoms. The molecule has 5 aromatic carbocycles. The number of benzene rings is 5. The van der Waals surface area contributed by atoms with Crippen LogP contribution in [0.4, 0.5) is 4.39 Å². The summed E-state index contributed by atoms with van der Waals surface area (Å²) in [6.45, 7) is 2.39. The smallest absolute Gasteiger partial charge is 0.225 e. The average Bonchev–Trinajstić information content (AvgIpc) is 3.20. The van der Waals surface area contributed by atoms with Crippen molar-refractivity contribution in [3.8, 4) is 5.75 Å². The van der Waals surface area contributed by atoms with Gasteiger partial charge in [-0.2, -0.15) is 0 Å². The summed E-state index contributed by atoms with van der Waals surface area (Å²) >= 11 is 6.71. The molecule has 6 rings (SSSR count). The Labute approximate surface area is 312 Å². The Morgan fingerprint density at radius 3 is 1.88 bits per heavy atom. The molecular weight excluding hydrogens is 683 g/mol. The maximum atomic E-state index is 15.0. The molecule has 0 amide bonds. The van der Waals surface area contributed by atoms with Crippen molar-refractivity contribution in [1.29, 1.82) is 0 Å². The van der Waals surface area contributed by atoms with Gasteiger partial charge in [-0.15, -0.1) is 0 Å². The molecule has 0 bridgehead atoms. The Kier molecular flexibility index (Phi) is 11.9. The SMILES string of the molecule is [2H]C([2H])(c1ccc(OCC)c(F)c1)c1cc([C@]2(OC)O[C@H](C=O)[C@@H](OCc3ccccc3)[C@H](OCc3ccccc3)[C@H]2OCc2ccccc2)ccc1Cl. The molecule has 9 heteroatoms. The second-order valence-corrected chi connectivity index (χ2v) is 12.6. The van der Waals surface area contributed by atoms with Crippen molar-refractivity contribution in [2.45, 2.75) is 63.3 Å². The summed E-state index contributed by atoms with van der Waals surface area (Å²) < 4.78 is 71.6. The fraction of sp³-hybridized carbons (Fsp3) is 0.279. The lowest BCUT2D eigenvalue weighted by Gasteiger charge is -2.51. The van der Waals surface area contributed by atoms with E-state index in [9.17, 15) is 7.54 Å². The maximum Gasteiger partial charge on any atom is 0.225 e. The van der Waals surface area contributed by atoms with Crippen molar-refractivity contribution in [2.24, 2.45) is 0 Å². The summed E-state index contributed by atoms with van der Waals surface area (Å²) in [6.07, 6.45) is -5.88. The quantitative estimate of drug-likeness (QED) is 0.0944. The zero-order valence-electron chi connectivity index (χ0n) is 31.0. The van der Waals surface area contributed by atoms with Crippen LogP contribution in [0, 0.1) is 5.82 Å². The van der Waals surface area contributed by atoms with E-state index in [4.69, 9.17) is 40.0 Å². The highest BCUT2D eigenvalue weighted by Gasteiger charge is 2.58. The molecule has 0 saturated carbocycles. The van der Waals surface area contributed by atoms with Crippen molar-refractivity contribution >= 4 is 17.9 Å². The van der Waals surface area contributed by atoms with Crippen molar-refractivity contribution in [3.05, 3.63) is 172 Å². The average molecular weight is 727 g/mol. The number of halogens is 2. The minimum atomic E-state index is -2.29. The largest absolute Gasteiger partial charge is 0.491 e. The van der Waals surface area contributed by atoms with Gasteiger partial charge in [0, 0.05) is 20.4 Å². The number of carbonyl (C=O) groups is 1. The minimum absolute atomic E-state index is 0.00901. The van der Waals surface area contributed by atoms with Gasteiger partial charge < -0.3 is 33.2 Å². The van der Waals surface area contributed by atoms with E-state index in [-0.39, 0.29) is 48.3 Å². The minimum Gasteiger partial charge on any atom is -0.491 e. The third-order valence-corrected chi connectivity index (χ3v) is 9.12. The molecule has 52 heavy (non-hydrogen) atoms. The van der Waals surface area contributed by atoms with Gasteiger partial charge in [0.25, 0.3) is 0 Å². The first-order chi connectivity index (χ1) is 26.2. The number of hydrogen-bond acceptors (Lipinski definition) is 7. The van der Waals surface area contributed by atoms with Gasteiger partial charge >= 0.3 is 0 Å². The van der Waals surface area contributed by atoms with Crippen LogP contribution in [-0.4, -0.2) is 44.4 Å². The highest BCUT2D eigenvalue weighted by atomic mass is 35.5. The van der Waals surface area contributed by atoms with Gasteiger partial charge in [-0.3, -0.25) is 0 Å². The van der Waals surface area contributed by atoms with Crippen LogP contribution in [0.2, 0.25) is 5.02 Å². The van der Waals surface area contributed by atoms with Gasteiger partial charge in [0.15, 0.2) is 17.9 Å². The number of hydrogen-bond donors (Lipinski definition) is 0. The first-order valence-electron chi connectivity index (χ1n) is 18.1. The van der Waals surface area contributed by atoms with E-state index < -0.39 is 42.4 Å². The molecule has 0 unspecified atom stereocenters. The fourth-order valence-electron chi connectivity index (χ4n) is 6.25. The Hall–Kier alpha value is -4.41. The molecule has 0 N–H and O–H groups in total. The Morgan fingerprint density at radius 1 is 0.769 bits per heavy atom. The maximum absolute atomic E-state index is 15.0. The summed E-state index contributed by atoms with van der Waals surface area (Å²) in [7, 11) is 1.42. The van der Waals surface area contributed by atoms with Crippen LogP contribution in [0.25, 0.3) is 0 Å². The molecule has 270 valence electrons.